The maximum Gasteiger partial charge on any atom is 0.461 e. The van der Waals surface area contributed by atoms with Crippen molar-refractivity contribution in [3.63, 3.8) is 0 Å². The number of hydrogen-bond donors (Lipinski definition) is 2. The molecule has 0 aromatic carbocycles. The summed E-state index contributed by atoms with van der Waals surface area (Å²) in [4.78, 5) is 2.47. The molecular formula is C4H3F5N4O2S. The van der Waals surface area contributed by atoms with Crippen LogP contribution in [0.25, 0.3) is 0 Å². The van der Waals surface area contributed by atoms with Crippen molar-refractivity contribution in [2.75, 3.05) is 0 Å². The fraction of sp³-hybridized carbons (Fsp3) is 0.500. The molecule has 0 aliphatic rings. The molecule has 0 saturated carbocycles. The number of nitrogens with one attached hydrogen (secondary N) is 1. The minimum absolute atomic E-state index is 1.17. The van der Waals surface area contributed by atoms with Crippen molar-refractivity contribution in [2.45, 2.75) is 17.3 Å². The first-order valence-corrected chi connectivity index (χ1v) is 4.91. The highest BCUT2D eigenvalue weighted by Crippen LogP contribution is 2.42. The predicted octanol–water partition coefficient (Wildman–Crippen LogP) is 0.106. The van der Waals surface area contributed by atoms with Gasteiger partial charge in [0.1, 0.15) is 0 Å². The third-order valence-corrected chi connectivity index (χ3v) is 2.06. The number of aromatic amines is 1. The number of alkyl halides is 5. The van der Waals surface area contributed by atoms with Crippen LogP contribution >= 0.6 is 0 Å². The first-order valence-electron chi connectivity index (χ1n) is 3.36. The Labute approximate surface area is 84.7 Å². The molecule has 0 spiro atoms. The average Bonchev–Trinajstić information content (AvgIpc) is 2.47. The molecule has 0 unspecified atom stereocenters. The van der Waals surface area contributed by atoms with Crippen LogP contribution in [0.2, 0.25) is 0 Å². The Morgan fingerprint density at radius 3 is 2.00 bits per heavy atom. The van der Waals surface area contributed by atoms with Gasteiger partial charge in [-0.1, -0.05) is 0 Å². The number of primary sulfonamides is 1. The summed E-state index contributed by atoms with van der Waals surface area (Å²) >= 11 is 0. The Hall–Kier alpha value is -1.30. The summed E-state index contributed by atoms with van der Waals surface area (Å²) in [5, 5.41) is 6.89. The van der Waals surface area contributed by atoms with Gasteiger partial charge in [-0.15, -0.1) is 5.10 Å². The maximum absolute atomic E-state index is 12.6. The van der Waals surface area contributed by atoms with Crippen molar-refractivity contribution in [3.8, 4) is 0 Å². The lowest BCUT2D eigenvalue weighted by Gasteiger charge is -2.15. The monoisotopic (exact) mass is 266 g/mol. The lowest BCUT2D eigenvalue weighted by atomic mass is 10.3. The number of rotatable bonds is 2. The Kier molecular flexibility index (Phi) is 2.67. The van der Waals surface area contributed by atoms with Gasteiger partial charge < -0.3 is 0 Å². The molecule has 0 aliphatic carbocycles. The Bertz CT molecular complexity index is 491. The van der Waals surface area contributed by atoms with Crippen LogP contribution in [0.4, 0.5) is 22.0 Å². The number of hydrogen-bond acceptors (Lipinski definition) is 4. The average molecular weight is 266 g/mol. The van der Waals surface area contributed by atoms with Crippen LogP contribution < -0.4 is 5.14 Å². The molecule has 92 valence electrons. The zero-order chi connectivity index (χ0) is 12.8. The van der Waals surface area contributed by atoms with E-state index in [0.29, 0.717) is 0 Å². The number of aromatic nitrogens is 3. The van der Waals surface area contributed by atoms with E-state index in [0.717, 1.165) is 0 Å². The third kappa shape index (κ3) is 2.11. The molecular weight excluding hydrogens is 263 g/mol. The number of H-pyrrole nitrogens is 1. The van der Waals surface area contributed by atoms with Gasteiger partial charge in [-0.2, -0.15) is 26.9 Å². The summed E-state index contributed by atoms with van der Waals surface area (Å²) in [6.45, 7) is 0. The van der Waals surface area contributed by atoms with Crippen LogP contribution in [0.5, 0.6) is 0 Å². The molecule has 0 aliphatic heterocycles. The minimum atomic E-state index is -5.91. The molecule has 6 nitrogen and oxygen atoms in total. The fourth-order valence-electron chi connectivity index (χ4n) is 0.648. The second-order valence-corrected chi connectivity index (χ2v) is 4.04. The standard InChI is InChI=1S/C4H3F5N4O2S/c5-3(6,4(7,8)9)1-11-2(13-12-1)16(10,14)15/h(H2,10,14,15)(H,11,12,13). The summed E-state index contributed by atoms with van der Waals surface area (Å²) in [5.74, 6) is -7.27. The van der Waals surface area contributed by atoms with Gasteiger partial charge in [-0.05, 0) is 0 Å². The van der Waals surface area contributed by atoms with Gasteiger partial charge in [0.05, 0.1) is 0 Å². The Morgan fingerprint density at radius 1 is 1.19 bits per heavy atom. The minimum Gasteiger partial charge on any atom is -0.257 e. The predicted molar refractivity (Wildman–Crippen MR) is 37.7 cm³/mol. The highest BCUT2D eigenvalue weighted by molar-refractivity contribution is 7.89. The van der Waals surface area contributed by atoms with E-state index in [4.69, 9.17) is 0 Å². The molecule has 0 radical (unpaired) electrons. The fourth-order valence-corrected chi connectivity index (χ4v) is 1.04. The van der Waals surface area contributed by atoms with Crippen molar-refractivity contribution >= 4 is 10.0 Å². The van der Waals surface area contributed by atoms with Gasteiger partial charge in [0.2, 0.25) is 5.82 Å². The van der Waals surface area contributed by atoms with Gasteiger partial charge in [0, 0.05) is 0 Å². The maximum atomic E-state index is 12.6. The van der Waals surface area contributed by atoms with Gasteiger partial charge in [0.25, 0.3) is 15.2 Å². The van der Waals surface area contributed by atoms with Gasteiger partial charge >= 0.3 is 12.1 Å². The SMILES string of the molecule is NS(=O)(=O)c1n[nH]c(C(F)(F)C(F)(F)F)n1. The highest BCUT2D eigenvalue weighted by atomic mass is 32.2. The molecule has 1 aromatic heterocycles. The number of nitrogens with two attached hydrogens (primary N) is 1. The zero-order valence-electron chi connectivity index (χ0n) is 7.09. The van der Waals surface area contributed by atoms with Crippen LogP contribution in [-0.2, 0) is 15.9 Å². The molecule has 0 amide bonds. The van der Waals surface area contributed by atoms with Gasteiger partial charge in [0.15, 0.2) is 0 Å². The van der Waals surface area contributed by atoms with E-state index in [9.17, 15) is 30.4 Å². The molecule has 0 atom stereocenters. The quantitative estimate of drug-likeness (QED) is 0.741. The largest absolute Gasteiger partial charge is 0.461 e. The molecule has 0 saturated heterocycles. The third-order valence-electron chi connectivity index (χ3n) is 1.37. The zero-order valence-corrected chi connectivity index (χ0v) is 7.90. The first kappa shape index (κ1) is 12.8. The van der Waals surface area contributed by atoms with Crippen LogP contribution in [-0.4, -0.2) is 29.8 Å². The molecule has 12 heteroatoms. The van der Waals surface area contributed by atoms with Crippen molar-refractivity contribution in [2.24, 2.45) is 5.14 Å². The highest BCUT2D eigenvalue weighted by Gasteiger charge is 2.61. The Morgan fingerprint density at radius 2 is 1.69 bits per heavy atom. The van der Waals surface area contributed by atoms with Crippen molar-refractivity contribution in [1.29, 1.82) is 0 Å². The van der Waals surface area contributed by atoms with E-state index in [2.05, 4.69) is 15.2 Å². The van der Waals surface area contributed by atoms with Crippen LogP contribution in [0.15, 0.2) is 5.16 Å². The summed E-state index contributed by atoms with van der Waals surface area (Å²) < 4.78 is 81.6. The molecule has 16 heavy (non-hydrogen) atoms. The lowest BCUT2D eigenvalue weighted by molar-refractivity contribution is -0.292. The van der Waals surface area contributed by atoms with E-state index in [1.807, 2.05) is 0 Å². The van der Waals surface area contributed by atoms with Crippen LogP contribution in [0.1, 0.15) is 5.82 Å². The second kappa shape index (κ2) is 3.35. The van der Waals surface area contributed by atoms with Crippen molar-refractivity contribution in [1.82, 2.24) is 15.2 Å². The lowest BCUT2D eigenvalue weighted by Crippen LogP contribution is -2.34. The molecule has 1 aromatic rings. The summed E-state index contributed by atoms with van der Waals surface area (Å²) in [6.07, 6.45) is -5.91. The molecule has 1 heterocycles. The molecule has 3 N–H and O–H groups in total. The van der Waals surface area contributed by atoms with E-state index in [-0.39, 0.29) is 0 Å². The van der Waals surface area contributed by atoms with E-state index in [1.165, 1.54) is 5.10 Å². The van der Waals surface area contributed by atoms with Crippen molar-refractivity contribution in [3.05, 3.63) is 5.82 Å². The molecule has 0 bridgehead atoms. The number of halogens is 5. The summed E-state index contributed by atoms with van der Waals surface area (Å²) in [7, 11) is -4.54. The topological polar surface area (TPSA) is 102 Å². The van der Waals surface area contributed by atoms with Crippen molar-refractivity contribution < 1.29 is 30.4 Å². The van der Waals surface area contributed by atoms with E-state index in [1.54, 1.807) is 0 Å². The smallest absolute Gasteiger partial charge is 0.257 e. The van der Waals surface area contributed by atoms with Crippen LogP contribution in [0, 0.1) is 0 Å². The Balaban J connectivity index is 3.23. The van der Waals surface area contributed by atoms with Gasteiger partial charge in [-0.25, -0.2) is 13.6 Å². The van der Waals surface area contributed by atoms with Gasteiger partial charge in [-0.3, -0.25) is 5.10 Å². The first-order chi connectivity index (χ1) is 6.96. The van der Waals surface area contributed by atoms with Crippen LogP contribution in [0.3, 0.4) is 0 Å². The van der Waals surface area contributed by atoms with E-state index < -0.39 is 33.1 Å². The summed E-state index contributed by atoms with van der Waals surface area (Å²) in [5.41, 5.74) is 0. The molecule has 0 fully saturated rings. The summed E-state index contributed by atoms with van der Waals surface area (Å²) in [6, 6.07) is 0. The molecule has 1 rings (SSSR count). The van der Waals surface area contributed by atoms with E-state index >= 15 is 0 Å². The number of sulfonamides is 1. The number of nitrogens with zero attached hydrogens (tertiary/aromatic N) is 2. The normalized spacial score (nSPS) is 14.1. The second-order valence-electron chi connectivity index (χ2n) is 2.58.